The minimum atomic E-state index is -3.22. The number of nitrogens with one attached hydrogen (secondary N) is 2. The van der Waals surface area contributed by atoms with Gasteiger partial charge in [-0.15, -0.1) is 0 Å². The van der Waals surface area contributed by atoms with E-state index in [0.29, 0.717) is 15.7 Å². The topological polar surface area (TPSA) is 101 Å². The number of carbonyl (C=O) groups is 1. The number of carbonyl (C=O) groups excluding carboxylic acids is 1. The van der Waals surface area contributed by atoms with Gasteiger partial charge < -0.3 is 11.1 Å². The highest BCUT2D eigenvalue weighted by Gasteiger charge is 2.07. The van der Waals surface area contributed by atoms with Crippen LogP contribution in [0, 0.1) is 0 Å². The van der Waals surface area contributed by atoms with Crippen molar-refractivity contribution in [2.75, 3.05) is 25.1 Å². The summed E-state index contributed by atoms with van der Waals surface area (Å²) in [5.41, 5.74) is 6.60. The first kappa shape index (κ1) is 14.9. The Balaban J connectivity index is 2.48. The van der Waals surface area contributed by atoms with Gasteiger partial charge in [-0.25, -0.2) is 13.1 Å². The molecule has 0 radical (unpaired) electrons. The highest BCUT2D eigenvalue weighted by molar-refractivity contribution is 9.10. The number of nitrogen functional groups attached to an aromatic ring is 1. The fourth-order valence-electron chi connectivity index (χ4n) is 1.18. The van der Waals surface area contributed by atoms with Crippen molar-refractivity contribution in [2.45, 2.75) is 0 Å². The number of hydrogen-bond donors (Lipinski definition) is 3. The normalized spacial score (nSPS) is 11.2. The van der Waals surface area contributed by atoms with Crippen molar-refractivity contribution in [3.63, 3.8) is 0 Å². The zero-order valence-corrected chi connectivity index (χ0v) is 12.1. The average molecular weight is 336 g/mol. The van der Waals surface area contributed by atoms with Crippen LogP contribution in [0.5, 0.6) is 0 Å². The molecule has 0 aliphatic carbocycles. The number of nitrogens with two attached hydrogens (primary N) is 1. The minimum absolute atomic E-state index is 0.153. The molecular formula is C10H14BrN3O3S. The first-order valence-electron chi connectivity index (χ1n) is 5.07. The van der Waals surface area contributed by atoms with E-state index < -0.39 is 10.0 Å². The maximum absolute atomic E-state index is 11.7. The molecule has 0 bridgehead atoms. The van der Waals surface area contributed by atoms with Gasteiger partial charge in [0.1, 0.15) is 0 Å². The number of anilines is 1. The molecule has 0 aliphatic heterocycles. The number of benzene rings is 1. The molecule has 0 aromatic heterocycles. The van der Waals surface area contributed by atoms with Gasteiger partial charge in [-0.3, -0.25) is 4.79 Å². The molecular weight excluding hydrogens is 322 g/mol. The summed E-state index contributed by atoms with van der Waals surface area (Å²) >= 11 is 3.23. The Labute approximate surface area is 114 Å². The third-order valence-corrected chi connectivity index (χ3v) is 3.45. The molecule has 1 aromatic carbocycles. The van der Waals surface area contributed by atoms with Crippen molar-refractivity contribution >= 4 is 37.5 Å². The molecule has 0 unspecified atom stereocenters. The van der Waals surface area contributed by atoms with Gasteiger partial charge in [0.25, 0.3) is 5.91 Å². The molecule has 18 heavy (non-hydrogen) atoms. The second-order valence-corrected chi connectivity index (χ2v) is 6.35. The Morgan fingerprint density at radius 3 is 2.61 bits per heavy atom. The summed E-state index contributed by atoms with van der Waals surface area (Å²) < 4.78 is 24.5. The molecule has 1 rings (SSSR count). The molecule has 1 aromatic rings. The number of amides is 1. The van der Waals surface area contributed by atoms with Crippen molar-refractivity contribution in [3.8, 4) is 0 Å². The molecule has 100 valence electrons. The van der Waals surface area contributed by atoms with Crippen molar-refractivity contribution in [1.29, 1.82) is 0 Å². The smallest absolute Gasteiger partial charge is 0.251 e. The van der Waals surface area contributed by atoms with Crippen molar-refractivity contribution in [3.05, 3.63) is 28.2 Å². The van der Waals surface area contributed by atoms with Crippen LogP contribution in [0.1, 0.15) is 10.4 Å². The summed E-state index contributed by atoms with van der Waals surface area (Å²) in [5, 5.41) is 2.59. The van der Waals surface area contributed by atoms with Gasteiger partial charge in [-0.2, -0.15) is 0 Å². The third-order valence-electron chi connectivity index (χ3n) is 2.04. The quantitative estimate of drug-likeness (QED) is 0.532. The van der Waals surface area contributed by atoms with Crippen LogP contribution in [0.3, 0.4) is 0 Å². The molecule has 6 nitrogen and oxygen atoms in total. The van der Waals surface area contributed by atoms with E-state index in [9.17, 15) is 13.2 Å². The number of rotatable bonds is 5. The zero-order chi connectivity index (χ0) is 13.8. The molecule has 4 N–H and O–H groups in total. The van der Waals surface area contributed by atoms with Crippen LogP contribution in [-0.2, 0) is 10.0 Å². The summed E-state index contributed by atoms with van der Waals surface area (Å²) in [6, 6.07) is 4.82. The lowest BCUT2D eigenvalue weighted by Crippen LogP contribution is -2.34. The monoisotopic (exact) mass is 335 g/mol. The standard InChI is InChI=1S/C10H14BrN3O3S/c1-18(16,17)14-5-4-13-10(15)7-2-3-9(12)8(11)6-7/h2-3,6,14H,4-5,12H2,1H3,(H,13,15). The molecule has 1 amide bonds. The van der Waals surface area contributed by atoms with Gasteiger partial charge in [0, 0.05) is 28.8 Å². The number of hydrogen-bond acceptors (Lipinski definition) is 4. The van der Waals surface area contributed by atoms with Gasteiger partial charge in [-0.05, 0) is 34.1 Å². The first-order valence-corrected chi connectivity index (χ1v) is 7.76. The van der Waals surface area contributed by atoms with E-state index in [2.05, 4.69) is 26.0 Å². The molecule has 0 fully saturated rings. The SMILES string of the molecule is CS(=O)(=O)NCCNC(=O)c1ccc(N)c(Br)c1. The highest BCUT2D eigenvalue weighted by Crippen LogP contribution is 2.20. The zero-order valence-electron chi connectivity index (χ0n) is 9.73. The van der Waals surface area contributed by atoms with Crippen molar-refractivity contribution < 1.29 is 13.2 Å². The maximum atomic E-state index is 11.7. The van der Waals surface area contributed by atoms with Crippen molar-refractivity contribution in [2.24, 2.45) is 0 Å². The van der Waals surface area contributed by atoms with E-state index in [0.717, 1.165) is 6.26 Å². The van der Waals surface area contributed by atoms with Crippen LogP contribution in [0.25, 0.3) is 0 Å². The predicted molar refractivity (Wildman–Crippen MR) is 73.7 cm³/mol. The van der Waals surface area contributed by atoms with E-state index >= 15 is 0 Å². The van der Waals surface area contributed by atoms with Crippen LogP contribution < -0.4 is 15.8 Å². The largest absolute Gasteiger partial charge is 0.398 e. The van der Waals surface area contributed by atoms with Crippen LogP contribution in [0.2, 0.25) is 0 Å². The lowest BCUT2D eigenvalue weighted by atomic mass is 10.2. The lowest BCUT2D eigenvalue weighted by molar-refractivity contribution is 0.0954. The molecule has 0 spiro atoms. The lowest BCUT2D eigenvalue weighted by Gasteiger charge is -2.06. The number of sulfonamides is 1. The second kappa shape index (κ2) is 6.17. The fourth-order valence-corrected chi connectivity index (χ4v) is 2.03. The molecule has 0 aliphatic rings. The van der Waals surface area contributed by atoms with Gasteiger partial charge in [0.05, 0.1) is 6.26 Å². The fraction of sp³-hybridized carbons (Fsp3) is 0.300. The third kappa shape index (κ3) is 5.03. The summed E-state index contributed by atoms with van der Waals surface area (Å²) in [4.78, 5) is 11.7. The molecule has 8 heteroatoms. The van der Waals surface area contributed by atoms with Crippen molar-refractivity contribution in [1.82, 2.24) is 10.0 Å². The average Bonchev–Trinajstić information content (AvgIpc) is 2.26. The minimum Gasteiger partial charge on any atom is -0.398 e. The predicted octanol–water partition coefficient (Wildman–Crippen LogP) is 0.310. The Hall–Kier alpha value is -1.12. The highest BCUT2D eigenvalue weighted by atomic mass is 79.9. The van der Waals surface area contributed by atoms with E-state index in [1.54, 1.807) is 18.2 Å². The Bertz CT molecular complexity index is 545. The van der Waals surface area contributed by atoms with Gasteiger partial charge in [0.15, 0.2) is 0 Å². The second-order valence-electron chi connectivity index (χ2n) is 3.66. The first-order chi connectivity index (χ1) is 8.29. The summed E-state index contributed by atoms with van der Waals surface area (Å²) in [5.74, 6) is -0.286. The molecule has 0 saturated heterocycles. The van der Waals surface area contributed by atoms with Gasteiger partial charge in [0.2, 0.25) is 10.0 Å². The molecule has 0 atom stereocenters. The van der Waals surface area contributed by atoms with E-state index in [1.807, 2.05) is 0 Å². The molecule has 0 saturated carbocycles. The number of halogens is 1. The van der Waals surface area contributed by atoms with Gasteiger partial charge in [-0.1, -0.05) is 0 Å². The Morgan fingerprint density at radius 2 is 2.06 bits per heavy atom. The van der Waals surface area contributed by atoms with E-state index in [4.69, 9.17) is 5.73 Å². The summed E-state index contributed by atoms with van der Waals surface area (Å²) in [6.07, 6.45) is 1.06. The maximum Gasteiger partial charge on any atom is 0.251 e. The van der Waals surface area contributed by atoms with Crippen LogP contribution in [-0.4, -0.2) is 33.7 Å². The molecule has 0 heterocycles. The van der Waals surface area contributed by atoms with E-state index in [-0.39, 0.29) is 19.0 Å². The summed E-state index contributed by atoms with van der Waals surface area (Å²) in [7, 11) is -3.22. The van der Waals surface area contributed by atoms with Crippen LogP contribution >= 0.6 is 15.9 Å². The van der Waals surface area contributed by atoms with Gasteiger partial charge >= 0.3 is 0 Å². The van der Waals surface area contributed by atoms with Crippen LogP contribution in [0.4, 0.5) is 5.69 Å². The Morgan fingerprint density at radius 1 is 1.39 bits per heavy atom. The van der Waals surface area contributed by atoms with E-state index in [1.165, 1.54) is 0 Å². The summed E-state index contributed by atoms with van der Waals surface area (Å²) in [6.45, 7) is 0.370. The Kier molecular flexibility index (Phi) is 5.12. The van der Waals surface area contributed by atoms with Crippen LogP contribution in [0.15, 0.2) is 22.7 Å².